The number of hydrogen-bond donors (Lipinski definition) is 8. The highest BCUT2D eigenvalue weighted by Gasteiger charge is 2.34. The van der Waals surface area contributed by atoms with Gasteiger partial charge in [-0.15, -0.1) is 0 Å². The molecule has 0 radical (unpaired) electrons. The van der Waals surface area contributed by atoms with Crippen molar-refractivity contribution in [3.63, 3.8) is 0 Å². The van der Waals surface area contributed by atoms with E-state index in [4.69, 9.17) is 0 Å². The largest absolute Gasteiger partial charge is 0.385 e. The Morgan fingerprint density at radius 3 is 0.906 bits per heavy atom. The SMILES string of the molecule is CC(C)(C)CC(=O)Nc1nc2ccc(C(C)(C)O)nc2n1C1CCC1.CC(C)(O)c1ccc2nc(NC(=O)C[C@@](C)(O)c3ccccc3)n(C3CCC3)c2n1.CC(C)(O)c1ccc2nc(NC(=O)C[C@](C)(O)c3ccccc3)n(C3CCC3)c2n1. The number of fused-ring (bicyclic) bond motifs is 3. The average Bonchev–Trinajstić information content (AvgIpc) is 1.86. The zero-order valence-electron chi connectivity index (χ0n) is 50.9. The second-order valence-corrected chi connectivity index (χ2v) is 26.5. The van der Waals surface area contributed by atoms with Gasteiger partial charge < -0.3 is 25.5 Å². The van der Waals surface area contributed by atoms with Gasteiger partial charge in [-0.1, -0.05) is 81.4 Å². The average molecular weight is 1160 g/mol. The monoisotopic (exact) mass is 1160 g/mol. The summed E-state index contributed by atoms with van der Waals surface area (Å²) < 4.78 is 5.96. The molecule has 8 aromatic rings. The zero-order valence-corrected chi connectivity index (χ0v) is 50.9. The summed E-state index contributed by atoms with van der Waals surface area (Å²) in [6, 6.07) is 29.8. The minimum absolute atomic E-state index is 0.0360. The highest BCUT2D eigenvalue weighted by molar-refractivity contribution is 5.93. The van der Waals surface area contributed by atoms with Crippen molar-refractivity contribution in [3.05, 3.63) is 125 Å². The van der Waals surface area contributed by atoms with Crippen molar-refractivity contribution in [2.75, 3.05) is 16.0 Å². The Balaban J connectivity index is 0.000000153. The van der Waals surface area contributed by atoms with Crippen molar-refractivity contribution in [3.8, 4) is 0 Å². The van der Waals surface area contributed by atoms with Gasteiger partial charge >= 0.3 is 0 Å². The highest BCUT2D eigenvalue weighted by atomic mass is 16.3. The number of hydrogen-bond acceptors (Lipinski definition) is 14. The van der Waals surface area contributed by atoms with Gasteiger partial charge in [-0.25, -0.2) is 29.9 Å². The summed E-state index contributed by atoms with van der Waals surface area (Å²) in [7, 11) is 0. The van der Waals surface area contributed by atoms with Gasteiger partial charge in [0.25, 0.3) is 0 Å². The van der Waals surface area contributed by atoms with Crippen LogP contribution >= 0.6 is 0 Å². The maximum Gasteiger partial charge on any atom is 0.229 e. The van der Waals surface area contributed by atoms with Crippen LogP contribution in [0.5, 0.6) is 0 Å². The third kappa shape index (κ3) is 14.6. The topological polar surface area (TPSA) is 281 Å². The van der Waals surface area contributed by atoms with E-state index >= 15 is 0 Å². The van der Waals surface area contributed by atoms with Gasteiger partial charge in [0.15, 0.2) is 16.9 Å². The van der Waals surface area contributed by atoms with Gasteiger partial charge in [-0.05, 0) is 166 Å². The van der Waals surface area contributed by atoms with E-state index < -0.39 is 28.0 Å². The van der Waals surface area contributed by atoms with E-state index in [0.29, 0.717) is 80.8 Å². The maximum atomic E-state index is 12.8. The van der Waals surface area contributed by atoms with Gasteiger partial charge in [-0.3, -0.25) is 44.0 Å². The lowest BCUT2D eigenvalue weighted by molar-refractivity contribution is -0.121. The fourth-order valence-electron chi connectivity index (χ4n) is 10.6. The van der Waals surface area contributed by atoms with Crippen molar-refractivity contribution >= 4 is 69.1 Å². The first-order valence-electron chi connectivity index (χ1n) is 29.7. The molecule has 3 aliphatic rings. The zero-order chi connectivity index (χ0) is 61.4. The first kappa shape index (κ1) is 62.1. The van der Waals surface area contributed by atoms with Crippen molar-refractivity contribution in [2.24, 2.45) is 5.41 Å². The number of rotatable bonds is 16. The van der Waals surface area contributed by atoms with Crippen LogP contribution in [0.1, 0.15) is 200 Å². The second kappa shape index (κ2) is 24.1. The quantitative estimate of drug-likeness (QED) is 0.0447. The van der Waals surface area contributed by atoms with Crippen molar-refractivity contribution in [2.45, 2.75) is 199 Å². The first-order valence-corrected chi connectivity index (χ1v) is 29.7. The Morgan fingerprint density at radius 1 is 0.400 bits per heavy atom. The highest BCUT2D eigenvalue weighted by Crippen LogP contribution is 2.41. The molecule has 0 spiro atoms. The van der Waals surface area contributed by atoms with Gasteiger partial charge in [0, 0.05) is 24.5 Å². The molecule has 3 aliphatic carbocycles. The molecular formula is C65H84N12O8. The van der Waals surface area contributed by atoms with E-state index in [9.17, 15) is 39.9 Å². The van der Waals surface area contributed by atoms with Gasteiger partial charge in [0.1, 0.15) is 33.4 Å². The van der Waals surface area contributed by atoms with Crippen LogP contribution in [0.15, 0.2) is 97.1 Å². The summed E-state index contributed by atoms with van der Waals surface area (Å²) in [6.45, 7) is 19.6. The van der Waals surface area contributed by atoms with Crippen LogP contribution in [-0.2, 0) is 42.4 Å². The molecule has 0 bridgehead atoms. The number of carbonyl (C=O) groups is 3. The van der Waals surface area contributed by atoms with Crippen LogP contribution in [0.2, 0.25) is 0 Å². The fourth-order valence-corrected chi connectivity index (χ4v) is 10.6. The second-order valence-electron chi connectivity index (χ2n) is 26.5. The van der Waals surface area contributed by atoms with Crippen LogP contribution in [0.25, 0.3) is 33.5 Å². The molecule has 6 aromatic heterocycles. The van der Waals surface area contributed by atoms with E-state index in [1.807, 2.05) is 89.1 Å². The van der Waals surface area contributed by atoms with E-state index in [1.54, 1.807) is 97.9 Å². The van der Waals surface area contributed by atoms with Crippen LogP contribution < -0.4 is 16.0 Å². The van der Waals surface area contributed by atoms with Crippen molar-refractivity contribution in [1.29, 1.82) is 0 Å². The number of carbonyl (C=O) groups excluding carboxylic acids is 3. The number of anilines is 3. The molecule has 11 rings (SSSR count). The summed E-state index contributed by atoms with van der Waals surface area (Å²) >= 11 is 0. The number of pyridine rings is 3. The van der Waals surface area contributed by atoms with Crippen LogP contribution in [0, 0.1) is 5.41 Å². The smallest absolute Gasteiger partial charge is 0.229 e. The number of nitrogens with zero attached hydrogens (tertiary/aromatic N) is 9. The Bertz CT molecular complexity index is 3510. The summed E-state index contributed by atoms with van der Waals surface area (Å²) in [4.78, 5) is 65.7. The van der Waals surface area contributed by atoms with Crippen LogP contribution in [0.4, 0.5) is 17.8 Å². The molecule has 20 nitrogen and oxygen atoms in total. The predicted octanol–water partition coefficient (Wildman–Crippen LogP) is 11.0. The lowest BCUT2D eigenvalue weighted by atomic mass is 9.92. The van der Waals surface area contributed by atoms with Gasteiger partial charge in [0.2, 0.25) is 35.6 Å². The van der Waals surface area contributed by atoms with E-state index in [2.05, 4.69) is 45.9 Å². The van der Waals surface area contributed by atoms with E-state index in [1.165, 1.54) is 6.42 Å². The third-order valence-corrected chi connectivity index (χ3v) is 16.1. The molecule has 2 atom stereocenters. The van der Waals surface area contributed by atoms with Crippen molar-refractivity contribution in [1.82, 2.24) is 43.6 Å². The molecule has 3 saturated carbocycles. The molecule has 2 aromatic carbocycles. The molecule has 3 fully saturated rings. The molecule has 0 saturated heterocycles. The molecule has 20 heteroatoms. The lowest BCUT2D eigenvalue weighted by Gasteiger charge is -2.29. The number of imidazole rings is 3. The van der Waals surface area contributed by atoms with E-state index in [-0.39, 0.29) is 48.1 Å². The third-order valence-electron chi connectivity index (χ3n) is 16.1. The molecule has 6 heterocycles. The molecule has 452 valence electrons. The number of nitrogens with one attached hydrogen (secondary N) is 3. The Hall–Kier alpha value is -7.49. The number of aliphatic hydroxyl groups is 5. The summed E-state index contributed by atoms with van der Waals surface area (Å²) in [5.74, 6) is 0.762. The van der Waals surface area contributed by atoms with E-state index in [0.717, 1.165) is 62.5 Å². The van der Waals surface area contributed by atoms with Gasteiger partial charge in [0.05, 0.1) is 41.1 Å². The Morgan fingerprint density at radius 2 is 0.671 bits per heavy atom. The number of amides is 3. The summed E-state index contributed by atoms with van der Waals surface area (Å²) in [5, 5.41) is 61.3. The van der Waals surface area contributed by atoms with Crippen LogP contribution in [0.3, 0.4) is 0 Å². The molecule has 0 unspecified atom stereocenters. The normalized spacial score (nSPS) is 16.6. The first-order chi connectivity index (χ1) is 39.8. The number of aromatic nitrogens is 9. The lowest BCUT2D eigenvalue weighted by Crippen LogP contribution is -2.30. The minimum Gasteiger partial charge on any atom is -0.385 e. The van der Waals surface area contributed by atoms with Crippen molar-refractivity contribution < 1.29 is 39.9 Å². The van der Waals surface area contributed by atoms with Crippen LogP contribution in [-0.4, -0.2) is 86.9 Å². The standard InChI is InChI=1S/2C23H28N4O3.C19H28N4O2/c2*1-22(2,29)18-13-12-17-20(25-18)27(16-10-7-11-16)21(24-17)26-19(28)14-23(3,30)15-8-5-4-6-9-15;1-18(2,3)11-15(24)22-17-20-13-9-10-14(19(4,5)25)21-16(13)23(17)12-7-6-8-12/h2*4-6,8-9,12-13,16,29-30H,7,10-11,14H2,1-3H3,(H,24,26,28);9-10,12,25H,6-8,11H2,1-5H3,(H,20,22,24)/t2*23-;/m10./s1. The predicted molar refractivity (Wildman–Crippen MR) is 328 cm³/mol. The Labute approximate surface area is 496 Å². The molecule has 85 heavy (non-hydrogen) atoms. The maximum absolute atomic E-state index is 12.8. The molecule has 0 aliphatic heterocycles. The Kier molecular flexibility index (Phi) is 17.6. The number of benzene rings is 2. The fraction of sp³-hybridized carbons (Fsp3) is 0.492. The summed E-state index contributed by atoms with van der Waals surface area (Å²) in [6.07, 6.45) is 9.74. The minimum atomic E-state index is -1.29. The summed E-state index contributed by atoms with van der Waals surface area (Å²) in [5.41, 5.74) is 1.40. The molecule has 8 N–H and O–H groups in total. The van der Waals surface area contributed by atoms with Gasteiger partial charge in [-0.2, -0.15) is 0 Å². The molecular weight excluding hydrogens is 1080 g/mol. The molecule has 3 amide bonds.